The fraction of sp³-hybridized carbons (Fsp3) is 0.200. The molecule has 0 amide bonds. The first-order valence-electron chi connectivity index (χ1n) is 6.02. The van der Waals surface area contributed by atoms with Gasteiger partial charge in [-0.25, -0.2) is 0 Å². The minimum atomic E-state index is -4.34. The minimum Gasteiger partial charge on any atom is -0.166 e. The van der Waals surface area contributed by atoms with Crippen LogP contribution in [0.5, 0.6) is 0 Å². The molecule has 0 aromatic heterocycles. The Morgan fingerprint density at radius 2 is 1.57 bits per heavy atom. The lowest BCUT2D eigenvalue weighted by molar-refractivity contribution is -0.137. The monoisotopic (exact) mass is 352 g/mol. The van der Waals surface area contributed by atoms with Crippen molar-refractivity contribution in [3.63, 3.8) is 0 Å². The molecule has 0 fully saturated rings. The van der Waals surface area contributed by atoms with Gasteiger partial charge in [0.05, 0.1) is 10.9 Å². The summed E-state index contributed by atoms with van der Waals surface area (Å²) in [6.07, 6.45) is -3.98. The summed E-state index contributed by atoms with van der Waals surface area (Å²) in [6, 6.07) is 9.85. The zero-order valence-electron chi connectivity index (χ0n) is 10.6. The lowest BCUT2D eigenvalue weighted by Gasteiger charge is -2.13. The Morgan fingerprint density at radius 3 is 2.14 bits per heavy atom. The predicted molar refractivity (Wildman–Crippen MR) is 80.2 cm³/mol. The van der Waals surface area contributed by atoms with E-state index in [0.29, 0.717) is 27.6 Å². The SMILES string of the molecule is FC(F)(F)c1ccc(CC(Cl)c2cc(Cl)ccc2Cl)cc1. The molecule has 21 heavy (non-hydrogen) atoms. The highest BCUT2D eigenvalue weighted by Gasteiger charge is 2.30. The maximum atomic E-state index is 12.5. The van der Waals surface area contributed by atoms with Crippen molar-refractivity contribution in [1.82, 2.24) is 0 Å². The van der Waals surface area contributed by atoms with Crippen LogP contribution in [0.3, 0.4) is 0 Å². The summed E-state index contributed by atoms with van der Waals surface area (Å²) >= 11 is 18.2. The van der Waals surface area contributed by atoms with Crippen molar-refractivity contribution in [2.45, 2.75) is 18.0 Å². The zero-order valence-corrected chi connectivity index (χ0v) is 12.9. The van der Waals surface area contributed by atoms with E-state index in [0.717, 1.165) is 12.1 Å². The van der Waals surface area contributed by atoms with Gasteiger partial charge in [-0.05, 0) is 47.9 Å². The molecule has 1 atom stereocenters. The molecule has 2 aromatic carbocycles. The fourth-order valence-corrected chi connectivity index (χ4v) is 2.75. The van der Waals surface area contributed by atoms with Crippen LogP contribution >= 0.6 is 34.8 Å². The third kappa shape index (κ3) is 4.29. The molecule has 0 saturated carbocycles. The number of benzene rings is 2. The summed E-state index contributed by atoms with van der Waals surface area (Å²) in [6.45, 7) is 0. The van der Waals surface area contributed by atoms with Gasteiger partial charge in [0, 0.05) is 10.0 Å². The van der Waals surface area contributed by atoms with Crippen molar-refractivity contribution in [1.29, 1.82) is 0 Å². The largest absolute Gasteiger partial charge is 0.416 e. The van der Waals surface area contributed by atoms with Gasteiger partial charge >= 0.3 is 6.18 Å². The molecule has 6 heteroatoms. The van der Waals surface area contributed by atoms with Crippen molar-refractivity contribution in [3.05, 3.63) is 69.2 Å². The Hall–Kier alpha value is -0.900. The quantitative estimate of drug-likeness (QED) is 0.550. The van der Waals surface area contributed by atoms with Gasteiger partial charge in [0.2, 0.25) is 0 Å². The van der Waals surface area contributed by atoms with Gasteiger partial charge in [0.25, 0.3) is 0 Å². The molecule has 0 nitrogen and oxygen atoms in total. The van der Waals surface area contributed by atoms with Gasteiger partial charge in [0.15, 0.2) is 0 Å². The summed E-state index contributed by atoms with van der Waals surface area (Å²) in [5.74, 6) is 0. The van der Waals surface area contributed by atoms with Crippen molar-refractivity contribution < 1.29 is 13.2 Å². The molecule has 0 spiro atoms. The molecule has 2 aromatic rings. The third-order valence-corrected chi connectivity index (χ3v) is 3.96. The van der Waals surface area contributed by atoms with E-state index >= 15 is 0 Å². The van der Waals surface area contributed by atoms with Crippen molar-refractivity contribution in [3.8, 4) is 0 Å². The summed E-state index contributed by atoms with van der Waals surface area (Å²) in [5.41, 5.74) is 0.669. The van der Waals surface area contributed by atoms with Crippen LogP contribution in [-0.2, 0) is 12.6 Å². The van der Waals surface area contributed by atoms with E-state index in [-0.39, 0.29) is 0 Å². The van der Waals surface area contributed by atoms with Crippen molar-refractivity contribution in [2.75, 3.05) is 0 Å². The Labute approximate surface area is 135 Å². The van der Waals surface area contributed by atoms with Crippen LogP contribution in [0.15, 0.2) is 42.5 Å². The van der Waals surface area contributed by atoms with E-state index < -0.39 is 17.1 Å². The second-order valence-electron chi connectivity index (χ2n) is 4.53. The van der Waals surface area contributed by atoms with Crippen LogP contribution in [0, 0.1) is 0 Å². The Morgan fingerprint density at radius 1 is 0.952 bits per heavy atom. The van der Waals surface area contributed by atoms with Crippen LogP contribution < -0.4 is 0 Å². The first-order chi connectivity index (χ1) is 9.77. The molecule has 2 rings (SSSR count). The maximum Gasteiger partial charge on any atom is 0.416 e. The maximum absolute atomic E-state index is 12.5. The van der Waals surface area contributed by atoms with Crippen LogP contribution in [0.4, 0.5) is 13.2 Å². The fourth-order valence-electron chi connectivity index (χ4n) is 1.90. The lowest BCUT2D eigenvalue weighted by atomic mass is 10.0. The average Bonchev–Trinajstić information content (AvgIpc) is 2.41. The molecule has 0 radical (unpaired) electrons. The summed E-state index contributed by atoms with van der Waals surface area (Å²) in [7, 11) is 0. The van der Waals surface area contributed by atoms with Gasteiger partial charge in [-0.15, -0.1) is 11.6 Å². The minimum absolute atomic E-state index is 0.361. The summed E-state index contributed by atoms with van der Waals surface area (Å²) < 4.78 is 37.5. The number of alkyl halides is 4. The Balaban J connectivity index is 2.16. The van der Waals surface area contributed by atoms with E-state index in [2.05, 4.69) is 0 Å². The number of rotatable bonds is 3. The predicted octanol–water partition coefficient (Wildman–Crippen LogP) is 6.53. The molecule has 0 bridgehead atoms. The highest BCUT2D eigenvalue weighted by atomic mass is 35.5. The highest BCUT2D eigenvalue weighted by Crippen LogP contribution is 2.34. The normalized spacial score (nSPS) is 13.2. The van der Waals surface area contributed by atoms with Gasteiger partial charge in [-0.2, -0.15) is 13.2 Å². The van der Waals surface area contributed by atoms with Gasteiger partial charge in [0.1, 0.15) is 0 Å². The number of hydrogen-bond acceptors (Lipinski definition) is 0. The van der Waals surface area contributed by atoms with Crippen molar-refractivity contribution >= 4 is 34.8 Å². The third-order valence-electron chi connectivity index (χ3n) is 2.99. The van der Waals surface area contributed by atoms with Crippen LogP contribution in [0.1, 0.15) is 22.1 Å². The van der Waals surface area contributed by atoms with Crippen LogP contribution in [-0.4, -0.2) is 0 Å². The molecule has 1 unspecified atom stereocenters. The first-order valence-corrected chi connectivity index (χ1v) is 7.22. The average molecular weight is 354 g/mol. The van der Waals surface area contributed by atoms with Gasteiger partial charge < -0.3 is 0 Å². The molecular formula is C15H10Cl3F3. The van der Waals surface area contributed by atoms with E-state index in [4.69, 9.17) is 34.8 Å². The first kappa shape index (κ1) is 16.5. The second kappa shape index (κ2) is 6.47. The molecule has 112 valence electrons. The summed E-state index contributed by atoms with van der Waals surface area (Å²) in [4.78, 5) is 0. The molecular weight excluding hydrogens is 344 g/mol. The molecule has 0 saturated heterocycles. The van der Waals surface area contributed by atoms with Gasteiger partial charge in [-0.1, -0.05) is 35.3 Å². The van der Waals surface area contributed by atoms with E-state index in [1.54, 1.807) is 18.2 Å². The molecule has 0 aliphatic carbocycles. The second-order valence-corrected chi connectivity index (χ2v) is 5.90. The van der Waals surface area contributed by atoms with Crippen LogP contribution in [0.25, 0.3) is 0 Å². The molecule has 0 N–H and O–H groups in total. The highest BCUT2D eigenvalue weighted by molar-refractivity contribution is 6.34. The molecule has 0 aliphatic rings. The smallest absolute Gasteiger partial charge is 0.166 e. The standard InChI is InChI=1S/C15H10Cl3F3/c16-11-5-6-13(17)12(8-11)14(18)7-9-1-3-10(4-2-9)15(19,20)21/h1-6,8,14H,7H2. The Bertz CT molecular complexity index is 621. The zero-order chi connectivity index (χ0) is 15.6. The van der Waals surface area contributed by atoms with Crippen molar-refractivity contribution in [2.24, 2.45) is 0 Å². The molecule has 0 aliphatic heterocycles. The van der Waals surface area contributed by atoms with E-state index in [1.165, 1.54) is 12.1 Å². The lowest BCUT2D eigenvalue weighted by Crippen LogP contribution is -2.05. The molecule has 0 heterocycles. The number of hydrogen-bond donors (Lipinski definition) is 0. The number of halogens is 6. The summed E-state index contributed by atoms with van der Waals surface area (Å²) in [5, 5.41) is 0.520. The topological polar surface area (TPSA) is 0 Å². The van der Waals surface area contributed by atoms with Crippen LogP contribution in [0.2, 0.25) is 10.0 Å². The Kier molecular flexibility index (Phi) is 5.07. The van der Waals surface area contributed by atoms with Gasteiger partial charge in [-0.3, -0.25) is 0 Å². The van der Waals surface area contributed by atoms with E-state index in [9.17, 15) is 13.2 Å². The van der Waals surface area contributed by atoms with E-state index in [1.807, 2.05) is 0 Å².